The highest BCUT2D eigenvalue weighted by Crippen LogP contribution is 2.26. The molecular formula is C18H18ClN3O4S2. The van der Waals surface area contributed by atoms with E-state index in [4.69, 9.17) is 11.6 Å². The van der Waals surface area contributed by atoms with Gasteiger partial charge in [0.25, 0.3) is 0 Å². The highest BCUT2D eigenvalue weighted by molar-refractivity contribution is 7.89. The van der Waals surface area contributed by atoms with Gasteiger partial charge in [-0.25, -0.2) is 21.6 Å². The van der Waals surface area contributed by atoms with Crippen molar-refractivity contribution in [1.29, 1.82) is 5.26 Å². The second-order valence-corrected chi connectivity index (χ2v) is 10.4. The van der Waals surface area contributed by atoms with E-state index in [0.717, 1.165) is 0 Å². The van der Waals surface area contributed by atoms with Crippen LogP contribution in [-0.4, -0.2) is 40.3 Å². The lowest BCUT2D eigenvalue weighted by Crippen LogP contribution is -2.46. The molecule has 7 nitrogen and oxygen atoms in total. The molecule has 2 aromatic carbocycles. The van der Waals surface area contributed by atoms with E-state index in [9.17, 15) is 22.1 Å². The Morgan fingerprint density at radius 1 is 1.04 bits per heavy atom. The summed E-state index contributed by atoms with van der Waals surface area (Å²) >= 11 is 5.90. The second kappa shape index (κ2) is 8.19. The van der Waals surface area contributed by atoms with Crippen molar-refractivity contribution in [1.82, 2.24) is 9.03 Å². The van der Waals surface area contributed by atoms with Crippen molar-refractivity contribution < 1.29 is 16.8 Å². The van der Waals surface area contributed by atoms with Crippen molar-refractivity contribution in [2.24, 2.45) is 0 Å². The molecule has 0 spiro atoms. The number of nitrogens with one attached hydrogen (secondary N) is 1. The first kappa shape index (κ1) is 20.8. The predicted molar refractivity (Wildman–Crippen MR) is 105 cm³/mol. The van der Waals surface area contributed by atoms with E-state index in [1.54, 1.807) is 18.2 Å². The first-order valence-electron chi connectivity index (χ1n) is 8.51. The molecule has 0 amide bonds. The van der Waals surface area contributed by atoms with E-state index in [2.05, 4.69) is 4.72 Å². The number of nitriles is 1. The average Bonchev–Trinajstić information content (AvgIpc) is 2.69. The van der Waals surface area contributed by atoms with Crippen molar-refractivity contribution in [2.45, 2.75) is 28.7 Å². The SMILES string of the molecule is N#Cc1ccc(Cl)cc1S(=O)(=O)N1CCC(NS(=O)(=O)c2ccccc2)CC1. The Morgan fingerprint density at radius 2 is 1.68 bits per heavy atom. The minimum Gasteiger partial charge on any atom is -0.208 e. The van der Waals surface area contributed by atoms with Crippen molar-refractivity contribution in [2.75, 3.05) is 13.1 Å². The molecule has 0 bridgehead atoms. The molecule has 3 rings (SSSR count). The molecule has 1 fully saturated rings. The molecule has 28 heavy (non-hydrogen) atoms. The van der Waals surface area contributed by atoms with E-state index < -0.39 is 20.0 Å². The first-order valence-corrected chi connectivity index (χ1v) is 11.8. The molecule has 1 N–H and O–H groups in total. The maximum atomic E-state index is 12.9. The Balaban J connectivity index is 1.72. The lowest BCUT2D eigenvalue weighted by Gasteiger charge is -2.31. The van der Waals surface area contributed by atoms with Gasteiger partial charge in [-0.05, 0) is 43.2 Å². The minimum atomic E-state index is -3.90. The van der Waals surface area contributed by atoms with Crippen LogP contribution in [0.5, 0.6) is 0 Å². The van der Waals surface area contributed by atoms with Gasteiger partial charge in [0.05, 0.1) is 10.5 Å². The van der Waals surface area contributed by atoms with Gasteiger partial charge in [0.2, 0.25) is 20.0 Å². The lowest BCUT2D eigenvalue weighted by molar-refractivity contribution is 0.308. The largest absolute Gasteiger partial charge is 0.244 e. The fraction of sp³-hybridized carbons (Fsp3) is 0.278. The summed E-state index contributed by atoms with van der Waals surface area (Å²) in [5, 5.41) is 9.42. The van der Waals surface area contributed by atoms with Gasteiger partial charge in [-0.3, -0.25) is 0 Å². The highest BCUT2D eigenvalue weighted by Gasteiger charge is 2.32. The van der Waals surface area contributed by atoms with E-state index >= 15 is 0 Å². The summed E-state index contributed by atoms with van der Waals surface area (Å²) < 4.78 is 54.6. The van der Waals surface area contributed by atoms with Crippen molar-refractivity contribution in [3.8, 4) is 6.07 Å². The second-order valence-electron chi connectivity index (χ2n) is 6.36. The summed E-state index contributed by atoms with van der Waals surface area (Å²) in [5.74, 6) is 0. The standard InChI is InChI=1S/C18H18ClN3O4S2/c19-15-7-6-14(13-20)18(12-15)28(25,26)22-10-8-16(9-11-22)21-27(23,24)17-4-2-1-3-5-17/h1-7,12,16,21H,8-11H2. The zero-order valence-corrected chi connectivity index (χ0v) is 17.1. The van der Waals surface area contributed by atoms with Gasteiger partial charge >= 0.3 is 0 Å². The zero-order chi connectivity index (χ0) is 20.4. The molecule has 148 valence electrons. The Labute approximate surface area is 169 Å². The monoisotopic (exact) mass is 439 g/mol. The predicted octanol–water partition coefficient (Wildman–Crippen LogP) is 2.34. The van der Waals surface area contributed by atoms with Crippen molar-refractivity contribution in [3.05, 3.63) is 59.1 Å². The molecule has 1 aliphatic heterocycles. The smallest absolute Gasteiger partial charge is 0.208 e. The number of benzene rings is 2. The van der Waals surface area contributed by atoms with Crippen LogP contribution in [0.4, 0.5) is 0 Å². The summed E-state index contributed by atoms with van der Waals surface area (Å²) in [6, 6.07) is 13.6. The van der Waals surface area contributed by atoms with E-state index in [-0.39, 0.29) is 39.5 Å². The van der Waals surface area contributed by atoms with Crippen LogP contribution in [0.15, 0.2) is 58.3 Å². The molecule has 2 aromatic rings. The Kier molecular flexibility index (Phi) is 6.07. The van der Waals surface area contributed by atoms with Crippen LogP contribution in [0.3, 0.4) is 0 Å². The first-order chi connectivity index (χ1) is 13.2. The zero-order valence-electron chi connectivity index (χ0n) is 14.7. The summed E-state index contributed by atoms with van der Waals surface area (Å²) in [6.07, 6.45) is 0.654. The van der Waals surface area contributed by atoms with Gasteiger partial charge in [0, 0.05) is 24.2 Å². The molecular weight excluding hydrogens is 422 g/mol. The van der Waals surface area contributed by atoms with Gasteiger partial charge in [0.15, 0.2) is 0 Å². The molecule has 1 saturated heterocycles. The van der Waals surface area contributed by atoms with Crippen LogP contribution in [0.25, 0.3) is 0 Å². The summed E-state index contributed by atoms with van der Waals surface area (Å²) in [6.45, 7) is 0.281. The Hall–Kier alpha value is -1.96. The Bertz CT molecular complexity index is 1110. The van der Waals surface area contributed by atoms with Gasteiger partial charge in [-0.1, -0.05) is 29.8 Å². The van der Waals surface area contributed by atoms with Crippen LogP contribution >= 0.6 is 11.6 Å². The lowest BCUT2D eigenvalue weighted by atomic mass is 10.1. The third kappa shape index (κ3) is 4.37. The number of sulfonamides is 2. The third-order valence-corrected chi connectivity index (χ3v) is 8.22. The van der Waals surface area contributed by atoms with Gasteiger partial charge in [-0.2, -0.15) is 9.57 Å². The van der Waals surface area contributed by atoms with Crippen LogP contribution in [-0.2, 0) is 20.0 Å². The molecule has 10 heteroatoms. The van der Waals surface area contributed by atoms with Gasteiger partial charge in [-0.15, -0.1) is 0 Å². The maximum absolute atomic E-state index is 12.9. The normalized spacial score (nSPS) is 16.6. The van der Waals surface area contributed by atoms with Crippen LogP contribution < -0.4 is 4.72 Å². The molecule has 0 saturated carbocycles. The minimum absolute atomic E-state index is 0.0244. The molecule has 0 aromatic heterocycles. The van der Waals surface area contributed by atoms with E-state index in [1.165, 1.54) is 34.6 Å². The molecule has 0 unspecified atom stereocenters. The maximum Gasteiger partial charge on any atom is 0.244 e. The highest BCUT2D eigenvalue weighted by atomic mass is 35.5. The third-order valence-electron chi connectivity index (χ3n) is 4.51. The fourth-order valence-electron chi connectivity index (χ4n) is 3.04. The van der Waals surface area contributed by atoms with Crippen molar-refractivity contribution >= 4 is 31.6 Å². The fourth-order valence-corrected chi connectivity index (χ4v) is 6.24. The summed E-state index contributed by atoms with van der Waals surface area (Å²) in [7, 11) is -7.56. The summed E-state index contributed by atoms with van der Waals surface area (Å²) in [5.41, 5.74) is 0.0244. The number of nitrogens with zero attached hydrogens (tertiary/aromatic N) is 2. The van der Waals surface area contributed by atoms with E-state index in [0.29, 0.717) is 12.8 Å². The molecule has 0 radical (unpaired) electrons. The van der Waals surface area contributed by atoms with Gasteiger partial charge < -0.3 is 0 Å². The quantitative estimate of drug-likeness (QED) is 0.769. The van der Waals surface area contributed by atoms with Crippen molar-refractivity contribution in [3.63, 3.8) is 0 Å². The van der Waals surface area contributed by atoms with Crippen LogP contribution in [0.2, 0.25) is 5.02 Å². The average molecular weight is 440 g/mol. The number of halogens is 1. The van der Waals surface area contributed by atoms with Crippen LogP contribution in [0.1, 0.15) is 18.4 Å². The number of hydrogen-bond acceptors (Lipinski definition) is 5. The van der Waals surface area contributed by atoms with E-state index in [1.807, 2.05) is 6.07 Å². The van der Waals surface area contributed by atoms with Gasteiger partial charge in [0.1, 0.15) is 11.0 Å². The Morgan fingerprint density at radius 3 is 2.29 bits per heavy atom. The molecule has 1 aliphatic rings. The number of piperidine rings is 1. The molecule has 0 aliphatic carbocycles. The summed E-state index contributed by atoms with van der Waals surface area (Å²) in [4.78, 5) is 0.0356. The number of hydrogen-bond donors (Lipinski definition) is 1. The number of rotatable bonds is 5. The van der Waals surface area contributed by atoms with Crippen LogP contribution in [0, 0.1) is 11.3 Å². The molecule has 0 atom stereocenters. The topological polar surface area (TPSA) is 107 Å². The molecule has 1 heterocycles.